The van der Waals surface area contributed by atoms with Crippen LogP contribution in [0.3, 0.4) is 0 Å². The van der Waals surface area contributed by atoms with Gasteiger partial charge >= 0.3 is 0 Å². The Kier molecular flexibility index (Phi) is 6.48. The number of rotatable bonds is 7. The average Bonchev–Trinajstić information content (AvgIpc) is 2.95. The van der Waals surface area contributed by atoms with Crippen molar-refractivity contribution in [2.75, 3.05) is 17.2 Å². The molecule has 22 heavy (non-hydrogen) atoms. The monoisotopic (exact) mass is 356 g/mol. The number of anilines is 2. The van der Waals surface area contributed by atoms with Gasteiger partial charge in [0.2, 0.25) is 11.0 Å². The summed E-state index contributed by atoms with van der Waals surface area (Å²) in [6, 6.07) is 7.03. The zero-order chi connectivity index (χ0) is 15.9. The predicted molar refractivity (Wildman–Crippen MR) is 94.1 cm³/mol. The van der Waals surface area contributed by atoms with Gasteiger partial charge in [-0.1, -0.05) is 41.6 Å². The highest BCUT2D eigenvalue weighted by atomic mass is 35.5. The van der Waals surface area contributed by atoms with E-state index in [0.29, 0.717) is 5.02 Å². The Morgan fingerprint density at radius 2 is 2.09 bits per heavy atom. The predicted octanol–water partition coefficient (Wildman–Crippen LogP) is 4.13. The van der Waals surface area contributed by atoms with Crippen molar-refractivity contribution in [3.8, 4) is 0 Å². The maximum absolute atomic E-state index is 12.2. The van der Waals surface area contributed by atoms with E-state index >= 15 is 0 Å². The summed E-state index contributed by atoms with van der Waals surface area (Å²) in [6.45, 7) is 4.80. The molecule has 2 N–H and O–H groups in total. The summed E-state index contributed by atoms with van der Waals surface area (Å²) in [5, 5.41) is 15.3. The zero-order valence-electron chi connectivity index (χ0n) is 12.3. The van der Waals surface area contributed by atoms with Crippen LogP contribution in [0, 0.1) is 0 Å². The molecule has 0 aliphatic rings. The number of nitrogens with one attached hydrogen (secondary N) is 2. The highest BCUT2D eigenvalue weighted by molar-refractivity contribution is 8.02. The van der Waals surface area contributed by atoms with Crippen molar-refractivity contribution >= 4 is 51.4 Å². The number of carbonyl (C=O) groups excluding carboxylic acids is 1. The molecular formula is C14H17ClN4OS2. The topological polar surface area (TPSA) is 66.9 Å². The Balaban J connectivity index is 1.87. The first-order valence-electron chi connectivity index (χ1n) is 6.89. The molecule has 1 amide bonds. The summed E-state index contributed by atoms with van der Waals surface area (Å²) >= 11 is 8.67. The molecule has 1 heterocycles. The Morgan fingerprint density at radius 1 is 1.36 bits per heavy atom. The number of thioether (sulfide) groups is 1. The van der Waals surface area contributed by atoms with Gasteiger partial charge in [0.15, 0.2) is 4.34 Å². The van der Waals surface area contributed by atoms with Gasteiger partial charge in [-0.15, -0.1) is 10.2 Å². The van der Waals surface area contributed by atoms with Gasteiger partial charge in [0.25, 0.3) is 0 Å². The molecule has 118 valence electrons. The molecule has 0 spiro atoms. The molecule has 8 heteroatoms. The number of carbonyl (C=O) groups is 1. The summed E-state index contributed by atoms with van der Waals surface area (Å²) in [5.41, 5.74) is 0.726. The van der Waals surface area contributed by atoms with Crippen LogP contribution in [-0.4, -0.2) is 27.9 Å². The Morgan fingerprint density at radius 3 is 2.77 bits per heavy atom. The van der Waals surface area contributed by atoms with Gasteiger partial charge in [0, 0.05) is 17.3 Å². The maximum Gasteiger partial charge on any atom is 0.237 e. The van der Waals surface area contributed by atoms with Crippen LogP contribution in [0.5, 0.6) is 0 Å². The van der Waals surface area contributed by atoms with Gasteiger partial charge in [-0.3, -0.25) is 4.79 Å². The Hall–Kier alpha value is -1.31. The van der Waals surface area contributed by atoms with Gasteiger partial charge in [-0.2, -0.15) is 0 Å². The number of nitrogens with zero attached hydrogens (tertiary/aromatic N) is 2. The van der Waals surface area contributed by atoms with Gasteiger partial charge in [0.1, 0.15) is 0 Å². The van der Waals surface area contributed by atoms with E-state index in [4.69, 9.17) is 11.6 Å². The van der Waals surface area contributed by atoms with Crippen LogP contribution in [-0.2, 0) is 4.79 Å². The van der Waals surface area contributed by atoms with Crippen LogP contribution in [0.4, 0.5) is 10.8 Å². The van der Waals surface area contributed by atoms with Crippen molar-refractivity contribution in [3.05, 3.63) is 29.3 Å². The first-order valence-corrected chi connectivity index (χ1v) is 8.96. The first-order chi connectivity index (χ1) is 10.6. The van der Waals surface area contributed by atoms with E-state index < -0.39 is 0 Å². The van der Waals surface area contributed by atoms with E-state index in [-0.39, 0.29) is 11.2 Å². The number of hydrogen-bond donors (Lipinski definition) is 2. The van der Waals surface area contributed by atoms with Crippen LogP contribution in [0.1, 0.15) is 20.3 Å². The third-order valence-corrected chi connectivity index (χ3v) is 5.01. The SMILES string of the molecule is CCCNc1nnc(S[C@H](C)C(=O)Nc2ccc(Cl)cc2)s1. The fourth-order valence-electron chi connectivity index (χ4n) is 1.54. The first kappa shape index (κ1) is 17.1. The highest BCUT2D eigenvalue weighted by Gasteiger charge is 2.17. The van der Waals surface area contributed by atoms with Crippen molar-refractivity contribution < 1.29 is 4.79 Å². The van der Waals surface area contributed by atoms with E-state index in [1.807, 2.05) is 6.92 Å². The van der Waals surface area contributed by atoms with Crippen LogP contribution in [0.2, 0.25) is 5.02 Å². The smallest absolute Gasteiger partial charge is 0.237 e. The van der Waals surface area contributed by atoms with Crippen molar-refractivity contribution in [1.82, 2.24) is 10.2 Å². The van der Waals surface area contributed by atoms with Crippen molar-refractivity contribution in [2.24, 2.45) is 0 Å². The lowest BCUT2D eigenvalue weighted by Crippen LogP contribution is -2.22. The number of aromatic nitrogens is 2. The molecule has 0 unspecified atom stereocenters. The van der Waals surface area contributed by atoms with Crippen molar-refractivity contribution in [3.63, 3.8) is 0 Å². The van der Waals surface area contributed by atoms with Crippen LogP contribution in [0.25, 0.3) is 0 Å². The minimum atomic E-state index is -0.261. The quantitative estimate of drug-likeness (QED) is 0.730. The van der Waals surface area contributed by atoms with Gasteiger partial charge in [-0.25, -0.2) is 0 Å². The fourth-order valence-corrected chi connectivity index (χ4v) is 3.59. The molecule has 0 saturated carbocycles. The average molecular weight is 357 g/mol. The van der Waals surface area contributed by atoms with E-state index in [1.54, 1.807) is 24.3 Å². The summed E-state index contributed by atoms with van der Waals surface area (Å²) in [6.07, 6.45) is 1.03. The molecule has 0 aliphatic carbocycles. The maximum atomic E-state index is 12.2. The lowest BCUT2D eigenvalue weighted by Gasteiger charge is -2.10. The van der Waals surface area contributed by atoms with Gasteiger partial charge in [-0.05, 0) is 37.6 Å². The number of benzene rings is 1. The largest absolute Gasteiger partial charge is 0.360 e. The number of hydrogen-bond acceptors (Lipinski definition) is 6. The van der Waals surface area contributed by atoms with E-state index in [9.17, 15) is 4.79 Å². The van der Waals surface area contributed by atoms with E-state index in [0.717, 1.165) is 28.1 Å². The third-order valence-electron chi connectivity index (χ3n) is 2.69. The molecule has 2 aromatic rings. The molecule has 5 nitrogen and oxygen atoms in total. The lowest BCUT2D eigenvalue weighted by molar-refractivity contribution is -0.115. The minimum absolute atomic E-state index is 0.0782. The second-order valence-electron chi connectivity index (χ2n) is 4.56. The fraction of sp³-hybridized carbons (Fsp3) is 0.357. The Bertz CT molecular complexity index is 618. The van der Waals surface area contributed by atoms with Crippen LogP contribution >= 0.6 is 34.7 Å². The number of amides is 1. The minimum Gasteiger partial charge on any atom is -0.360 e. The van der Waals surface area contributed by atoms with Crippen molar-refractivity contribution in [1.29, 1.82) is 0 Å². The van der Waals surface area contributed by atoms with Crippen LogP contribution in [0.15, 0.2) is 28.6 Å². The second kappa shape index (κ2) is 8.36. The standard InChI is InChI=1S/C14H17ClN4OS2/c1-3-8-16-13-18-19-14(22-13)21-9(2)12(20)17-11-6-4-10(15)5-7-11/h4-7,9H,3,8H2,1-2H3,(H,16,18)(H,17,20)/t9-/m1/s1. The summed E-state index contributed by atoms with van der Waals surface area (Å²) in [7, 11) is 0. The molecule has 0 fully saturated rings. The molecular weight excluding hydrogens is 340 g/mol. The van der Waals surface area contributed by atoms with E-state index in [1.165, 1.54) is 23.1 Å². The molecule has 0 saturated heterocycles. The van der Waals surface area contributed by atoms with Crippen LogP contribution < -0.4 is 10.6 Å². The lowest BCUT2D eigenvalue weighted by atomic mass is 10.3. The Labute approximate surface area is 142 Å². The summed E-state index contributed by atoms with van der Waals surface area (Å²) in [5.74, 6) is -0.0782. The number of halogens is 1. The van der Waals surface area contributed by atoms with E-state index in [2.05, 4.69) is 27.8 Å². The van der Waals surface area contributed by atoms with Gasteiger partial charge in [0.05, 0.1) is 5.25 Å². The molecule has 1 aromatic carbocycles. The summed E-state index contributed by atoms with van der Waals surface area (Å²) in [4.78, 5) is 12.2. The molecule has 0 bridgehead atoms. The molecule has 0 radical (unpaired) electrons. The summed E-state index contributed by atoms with van der Waals surface area (Å²) < 4.78 is 0.775. The zero-order valence-corrected chi connectivity index (χ0v) is 14.7. The molecule has 1 aromatic heterocycles. The molecule has 0 aliphatic heterocycles. The second-order valence-corrected chi connectivity index (χ2v) is 7.56. The van der Waals surface area contributed by atoms with Crippen molar-refractivity contribution in [2.45, 2.75) is 29.9 Å². The highest BCUT2D eigenvalue weighted by Crippen LogP contribution is 2.29. The normalized spacial score (nSPS) is 12.0. The molecule has 1 atom stereocenters. The third kappa shape index (κ3) is 5.15. The molecule has 2 rings (SSSR count). The van der Waals surface area contributed by atoms with Gasteiger partial charge < -0.3 is 10.6 Å².